The van der Waals surface area contributed by atoms with Gasteiger partial charge in [-0.1, -0.05) is 97.1 Å². The second-order valence-corrected chi connectivity index (χ2v) is 18.9. The van der Waals surface area contributed by atoms with Crippen LogP contribution in [0.2, 0.25) is 0 Å². The van der Waals surface area contributed by atoms with Gasteiger partial charge in [0.05, 0.1) is 34.1 Å². The van der Waals surface area contributed by atoms with E-state index in [1.54, 1.807) is 48.5 Å². The molecule has 0 atom stereocenters. The van der Waals surface area contributed by atoms with E-state index in [-0.39, 0.29) is 105 Å². The van der Waals surface area contributed by atoms with E-state index in [2.05, 4.69) is 40.5 Å². The van der Waals surface area contributed by atoms with Gasteiger partial charge in [-0.05, 0) is 94.7 Å². The fourth-order valence-corrected chi connectivity index (χ4v) is 9.66. The summed E-state index contributed by atoms with van der Waals surface area (Å²) in [5, 5.41) is 10.9. The normalized spacial score (nSPS) is 11.4. The number of anilines is 12. The molecule has 10 aromatic rings. The number of rotatable bonds is 14. The molecular formula is C52H42N12Na2O6S2. The average molecular weight is 1040 g/mol. The average Bonchev–Trinajstić information content (AvgIpc) is 3.38. The van der Waals surface area contributed by atoms with Crippen LogP contribution in [0.5, 0.6) is 0 Å². The van der Waals surface area contributed by atoms with Crippen LogP contribution in [0.15, 0.2) is 193 Å². The Kier molecular flexibility index (Phi) is 16.0. The van der Waals surface area contributed by atoms with E-state index >= 15 is 0 Å². The molecule has 8 N–H and O–H groups in total. The van der Waals surface area contributed by atoms with Gasteiger partial charge in [-0.25, -0.2) is 29.9 Å². The van der Waals surface area contributed by atoms with Gasteiger partial charge in [0.1, 0.15) is 35.1 Å². The summed E-state index contributed by atoms with van der Waals surface area (Å²) < 4.78 is 74.3. The second-order valence-electron chi connectivity index (χ2n) is 16.1. The minimum atomic E-state index is -4.98. The van der Waals surface area contributed by atoms with E-state index in [1.807, 2.05) is 84.9 Å². The third-order valence-electron chi connectivity index (χ3n) is 11.5. The first-order chi connectivity index (χ1) is 34.8. The van der Waals surface area contributed by atoms with Gasteiger partial charge in [-0.2, -0.15) is 16.8 Å². The van der Waals surface area contributed by atoms with E-state index in [0.29, 0.717) is 22.7 Å². The molecule has 0 fully saturated rings. The van der Waals surface area contributed by atoms with Gasteiger partial charge in [-0.15, -0.1) is 0 Å². The van der Waals surface area contributed by atoms with Crippen LogP contribution in [0.4, 0.5) is 68.8 Å². The van der Waals surface area contributed by atoms with Crippen molar-refractivity contribution in [3.8, 4) is 0 Å². The van der Waals surface area contributed by atoms with E-state index in [0.717, 1.165) is 32.9 Å². The molecule has 8 aromatic carbocycles. The maximum absolute atomic E-state index is 13.2. The fourth-order valence-electron chi connectivity index (χ4n) is 8.26. The summed E-state index contributed by atoms with van der Waals surface area (Å²) in [4.78, 5) is 27.1. The van der Waals surface area contributed by atoms with Gasteiger partial charge < -0.3 is 22.1 Å². The van der Waals surface area contributed by atoms with Crippen LogP contribution in [0.1, 0.15) is 11.1 Å². The molecule has 0 radical (unpaired) electrons. The molecule has 360 valence electrons. The number of hydrogen-bond acceptors (Lipinski definition) is 16. The third kappa shape index (κ3) is 11.4. The second kappa shape index (κ2) is 22.4. The van der Waals surface area contributed by atoms with Crippen LogP contribution in [0.25, 0.3) is 33.7 Å². The topological polar surface area (TPSA) is 269 Å². The Morgan fingerprint density at radius 2 is 0.838 bits per heavy atom. The molecule has 0 aliphatic carbocycles. The summed E-state index contributed by atoms with van der Waals surface area (Å²) in [6.45, 7) is 0. The Morgan fingerprint density at radius 3 is 1.23 bits per heavy atom. The van der Waals surface area contributed by atoms with Crippen molar-refractivity contribution >= 4 is 182 Å². The van der Waals surface area contributed by atoms with Crippen molar-refractivity contribution in [2.24, 2.45) is 0 Å². The van der Waals surface area contributed by atoms with Crippen molar-refractivity contribution in [1.82, 2.24) is 29.9 Å². The van der Waals surface area contributed by atoms with E-state index in [9.17, 15) is 25.9 Å². The fraction of sp³-hybridized carbons (Fsp3) is 0. The number of nitrogens with zero attached hydrogens (tertiary/aromatic N) is 8. The van der Waals surface area contributed by atoms with Crippen LogP contribution in [-0.4, -0.2) is 115 Å². The summed E-state index contributed by atoms with van der Waals surface area (Å²) >= 11 is 0. The number of nitrogens with one attached hydrogen (secondary N) is 2. The number of nitrogens with two attached hydrogens (primary N) is 2. The Morgan fingerprint density at radius 1 is 0.459 bits per heavy atom. The van der Waals surface area contributed by atoms with Gasteiger partial charge in [0.15, 0.2) is 0 Å². The molecule has 0 saturated carbocycles. The zero-order valence-electron chi connectivity index (χ0n) is 37.6. The number of fused-ring (bicyclic) bond motifs is 2. The van der Waals surface area contributed by atoms with Crippen LogP contribution >= 0.6 is 0 Å². The molecule has 74 heavy (non-hydrogen) atoms. The van der Waals surface area contributed by atoms with Gasteiger partial charge in [0, 0.05) is 33.5 Å². The van der Waals surface area contributed by atoms with Crippen molar-refractivity contribution in [3.63, 3.8) is 0 Å². The molecule has 0 saturated heterocycles. The van der Waals surface area contributed by atoms with Crippen molar-refractivity contribution in [2.45, 2.75) is 9.79 Å². The molecule has 0 unspecified atom stereocenters. The monoisotopic (exact) mass is 1040 g/mol. The molecule has 0 bridgehead atoms. The predicted octanol–water partition coefficient (Wildman–Crippen LogP) is 9.32. The molecule has 0 amide bonds. The first-order valence-corrected chi connectivity index (χ1v) is 24.7. The van der Waals surface area contributed by atoms with Gasteiger partial charge >= 0.3 is 59.1 Å². The van der Waals surface area contributed by atoms with Gasteiger partial charge in [0.25, 0.3) is 20.2 Å². The predicted molar refractivity (Wildman–Crippen MR) is 295 cm³/mol. The number of benzene rings is 8. The molecule has 0 spiro atoms. The Balaban J connectivity index is 0.00000364. The molecule has 2 aromatic heterocycles. The molecule has 10 rings (SSSR count). The van der Waals surface area contributed by atoms with Crippen molar-refractivity contribution < 1.29 is 25.9 Å². The Hall–Kier alpha value is -7.34. The van der Waals surface area contributed by atoms with Crippen LogP contribution < -0.4 is 31.9 Å². The molecule has 22 heteroatoms. The maximum atomic E-state index is 13.2. The van der Waals surface area contributed by atoms with Crippen LogP contribution in [0.3, 0.4) is 0 Å². The van der Waals surface area contributed by atoms with E-state index in [4.69, 9.17) is 11.5 Å². The van der Waals surface area contributed by atoms with E-state index < -0.39 is 30.0 Å². The molecule has 0 aliphatic rings. The summed E-state index contributed by atoms with van der Waals surface area (Å²) in [6, 6.07) is 46.3. The van der Waals surface area contributed by atoms with Crippen LogP contribution in [-0.2, 0) is 20.2 Å². The van der Waals surface area contributed by atoms with Crippen molar-refractivity contribution in [3.05, 3.63) is 194 Å². The summed E-state index contributed by atoms with van der Waals surface area (Å²) in [6.07, 6.45) is 7.64. The first kappa shape index (κ1) is 53.0. The molecule has 0 aliphatic heterocycles. The third-order valence-corrected chi connectivity index (χ3v) is 13.4. The Bertz CT molecular complexity index is 3690. The summed E-state index contributed by atoms with van der Waals surface area (Å²) in [5.74, 6) is 0.143. The number of hydrogen-bond donors (Lipinski definition) is 6. The number of aromatic nitrogens is 6. The molecular weight excluding hydrogens is 999 g/mol. The summed E-state index contributed by atoms with van der Waals surface area (Å²) in [5.41, 5.74) is 17.7. The standard InChI is InChI=1S/C52H40N12O6S2.2Na.2H/c53-43-23-19-37(61-45-13-5-9-33-7-1-3-11-41(33)45)25-47(43)63(51-57-29-55-30-58-51)39-21-17-35(49(27-39)71(65,66)67)15-16-36-18-22-40(28-50(36)72(68,69)70)64(52-59-31-56-32-60-52)48-26-38(20-24-44(48)54)62-46-14-6-10-34-8-2-4-12-42(34)46;;;;/h1-32,61-62H,53-54H2,(H,65,66,67)(H,68,69,70);;;;. The minimum absolute atomic E-state index is 0. The van der Waals surface area contributed by atoms with Crippen molar-refractivity contribution in [2.75, 3.05) is 31.9 Å². The quantitative estimate of drug-likeness (QED) is 0.0256. The van der Waals surface area contributed by atoms with Crippen LogP contribution in [0, 0.1) is 0 Å². The van der Waals surface area contributed by atoms with Crippen molar-refractivity contribution in [1.29, 1.82) is 0 Å². The Labute approximate surface area is 469 Å². The summed E-state index contributed by atoms with van der Waals surface area (Å²) in [7, 11) is -9.96. The molecule has 18 nitrogen and oxygen atoms in total. The zero-order chi connectivity index (χ0) is 50.0. The molecule has 2 heterocycles. The van der Waals surface area contributed by atoms with Gasteiger partial charge in [-0.3, -0.25) is 18.9 Å². The first-order valence-electron chi connectivity index (χ1n) is 21.8. The van der Waals surface area contributed by atoms with E-state index in [1.165, 1.54) is 71.5 Å². The zero-order valence-corrected chi connectivity index (χ0v) is 39.2. The van der Waals surface area contributed by atoms with Gasteiger partial charge in [0.2, 0.25) is 11.9 Å². The SMILES string of the molecule is Nc1ccc(Nc2cccc3ccccc23)cc1N(c1ccc(C=Cc2ccc(N(c3ncncn3)c3cc(Nc4cccc5ccccc45)ccc3N)cc2S(=O)(=O)O)c(S(=O)(=O)O)c1)c1ncncn1.[NaH].[NaH]. The number of nitrogen functional groups attached to an aromatic ring is 2.